The second-order valence-corrected chi connectivity index (χ2v) is 5.96. The van der Waals surface area contributed by atoms with Gasteiger partial charge in [0.05, 0.1) is 17.9 Å². The maximum Gasteiger partial charge on any atom is 0.306 e. The molecule has 0 spiro atoms. The van der Waals surface area contributed by atoms with Crippen molar-refractivity contribution in [3.63, 3.8) is 0 Å². The molecule has 1 aliphatic carbocycles. The van der Waals surface area contributed by atoms with Gasteiger partial charge in [0.2, 0.25) is 11.8 Å². The van der Waals surface area contributed by atoms with E-state index in [1.165, 1.54) is 6.92 Å². The number of nitrogens with one attached hydrogen (secondary N) is 1. The van der Waals surface area contributed by atoms with E-state index in [1.54, 1.807) is 4.90 Å². The van der Waals surface area contributed by atoms with Gasteiger partial charge in [-0.15, -0.1) is 0 Å². The van der Waals surface area contributed by atoms with Gasteiger partial charge in [0.15, 0.2) is 0 Å². The van der Waals surface area contributed by atoms with Gasteiger partial charge in [-0.25, -0.2) is 0 Å². The second-order valence-electron chi connectivity index (χ2n) is 5.96. The fraction of sp³-hybridized carbons (Fsp3) is 0.769. The smallest absolute Gasteiger partial charge is 0.306 e. The molecule has 112 valence electrons. The molecule has 20 heavy (non-hydrogen) atoms. The molecule has 2 amide bonds. The van der Waals surface area contributed by atoms with Crippen LogP contribution in [0.25, 0.3) is 0 Å². The molecule has 3 N–H and O–H groups in total. The van der Waals surface area contributed by atoms with Crippen molar-refractivity contribution in [2.45, 2.75) is 44.2 Å². The van der Waals surface area contributed by atoms with Gasteiger partial charge < -0.3 is 20.4 Å². The molecule has 2 rings (SSSR count). The van der Waals surface area contributed by atoms with E-state index in [1.807, 2.05) is 0 Å². The third kappa shape index (κ3) is 3.69. The van der Waals surface area contributed by atoms with Crippen molar-refractivity contribution >= 4 is 17.8 Å². The lowest BCUT2D eigenvalue weighted by atomic mass is 10.0. The number of hydrogen-bond donors (Lipinski definition) is 3. The van der Waals surface area contributed by atoms with Crippen LogP contribution in [0.3, 0.4) is 0 Å². The van der Waals surface area contributed by atoms with E-state index in [4.69, 9.17) is 5.11 Å². The predicted octanol–water partition coefficient (Wildman–Crippen LogP) is -0.661. The number of amides is 2. The SMILES string of the molecule is CC(O)(CNC(=O)C1CC(=O)N(C2CC2)C1)CC(=O)O. The van der Waals surface area contributed by atoms with E-state index in [-0.39, 0.29) is 24.8 Å². The molecule has 2 fully saturated rings. The summed E-state index contributed by atoms with van der Waals surface area (Å²) in [5.41, 5.74) is -1.49. The summed E-state index contributed by atoms with van der Waals surface area (Å²) in [6, 6.07) is 0.301. The molecule has 0 bridgehead atoms. The minimum atomic E-state index is -1.49. The van der Waals surface area contributed by atoms with E-state index < -0.39 is 23.9 Å². The largest absolute Gasteiger partial charge is 0.481 e. The summed E-state index contributed by atoms with van der Waals surface area (Å²) >= 11 is 0. The Morgan fingerprint density at radius 2 is 2.10 bits per heavy atom. The first kappa shape index (κ1) is 14.8. The first-order valence-electron chi connectivity index (χ1n) is 6.80. The molecule has 0 radical (unpaired) electrons. The number of nitrogens with zero attached hydrogens (tertiary/aromatic N) is 1. The molecule has 7 nitrogen and oxygen atoms in total. The van der Waals surface area contributed by atoms with Crippen LogP contribution in [0.2, 0.25) is 0 Å². The summed E-state index contributed by atoms with van der Waals surface area (Å²) < 4.78 is 0. The zero-order chi connectivity index (χ0) is 14.9. The molecule has 2 aliphatic rings. The standard InChI is InChI=1S/C13H20N2O5/c1-13(20,5-11(17)18)7-14-12(19)8-4-10(16)15(6-8)9-2-3-9/h8-9,20H,2-7H2,1H3,(H,14,19)(H,17,18). The van der Waals surface area contributed by atoms with Crippen LogP contribution in [0.15, 0.2) is 0 Å². The maximum atomic E-state index is 12.0. The third-order valence-corrected chi connectivity index (χ3v) is 3.69. The number of carboxylic acid groups (broad SMARTS) is 1. The maximum absolute atomic E-state index is 12.0. The van der Waals surface area contributed by atoms with Gasteiger partial charge >= 0.3 is 5.97 Å². The van der Waals surface area contributed by atoms with Gasteiger partial charge in [-0.3, -0.25) is 14.4 Å². The fourth-order valence-electron chi connectivity index (χ4n) is 2.46. The van der Waals surface area contributed by atoms with Crippen LogP contribution >= 0.6 is 0 Å². The quantitative estimate of drug-likeness (QED) is 0.600. The average Bonchev–Trinajstić information content (AvgIpc) is 3.08. The van der Waals surface area contributed by atoms with E-state index in [0.717, 1.165) is 12.8 Å². The van der Waals surface area contributed by atoms with Crippen molar-refractivity contribution in [1.82, 2.24) is 10.2 Å². The van der Waals surface area contributed by atoms with Gasteiger partial charge in [-0.2, -0.15) is 0 Å². The zero-order valence-electron chi connectivity index (χ0n) is 11.5. The van der Waals surface area contributed by atoms with E-state index in [0.29, 0.717) is 12.6 Å². The molecular formula is C13H20N2O5. The van der Waals surface area contributed by atoms with E-state index in [9.17, 15) is 19.5 Å². The van der Waals surface area contributed by atoms with Crippen LogP contribution in [-0.2, 0) is 14.4 Å². The number of likely N-dealkylation sites (tertiary alicyclic amines) is 1. The van der Waals surface area contributed by atoms with Gasteiger partial charge in [0.25, 0.3) is 0 Å². The summed E-state index contributed by atoms with van der Waals surface area (Å²) in [7, 11) is 0. The number of carbonyl (C=O) groups is 3. The monoisotopic (exact) mass is 284 g/mol. The normalized spacial score (nSPS) is 25.4. The highest BCUT2D eigenvalue weighted by molar-refractivity contribution is 5.89. The minimum absolute atomic E-state index is 0.00458. The Labute approximate surface area is 116 Å². The van der Waals surface area contributed by atoms with Gasteiger partial charge in [0, 0.05) is 25.6 Å². The Hall–Kier alpha value is -1.63. The molecule has 1 aliphatic heterocycles. The molecule has 0 aromatic carbocycles. The van der Waals surface area contributed by atoms with Crippen molar-refractivity contribution in [2.75, 3.05) is 13.1 Å². The van der Waals surface area contributed by atoms with Crippen molar-refractivity contribution in [2.24, 2.45) is 5.92 Å². The number of hydrogen-bond acceptors (Lipinski definition) is 4. The Kier molecular flexibility index (Phi) is 3.99. The molecule has 0 aromatic rings. The summed E-state index contributed by atoms with van der Waals surface area (Å²) in [4.78, 5) is 36.0. The predicted molar refractivity (Wildman–Crippen MR) is 68.7 cm³/mol. The fourth-order valence-corrected chi connectivity index (χ4v) is 2.46. The molecule has 1 saturated carbocycles. The summed E-state index contributed by atoms with van der Waals surface area (Å²) in [5.74, 6) is -1.82. The molecule has 2 unspecified atom stereocenters. The van der Waals surface area contributed by atoms with Gasteiger partial charge in [0.1, 0.15) is 0 Å². The highest BCUT2D eigenvalue weighted by atomic mass is 16.4. The molecule has 1 heterocycles. The van der Waals surface area contributed by atoms with Crippen molar-refractivity contribution in [3.05, 3.63) is 0 Å². The van der Waals surface area contributed by atoms with Crippen LogP contribution in [0.5, 0.6) is 0 Å². The van der Waals surface area contributed by atoms with Gasteiger partial charge in [-0.1, -0.05) is 0 Å². The number of aliphatic hydroxyl groups is 1. The summed E-state index contributed by atoms with van der Waals surface area (Å²) in [6.07, 6.45) is 1.77. The van der Waals surface area contributed by atoms with Crippen LogP contribution < -0.4 is 5.32 Å². The third-order valence-electron chi connectivity index (χ3n) is 3.69. The average molecular weight is 284 g/mol. The zero-order valence-corrected chi connectivity index (χ0v) is 11.5. The Morgan fingerprint density at radius 1 is 1.45 bits per heavy atom. The van der Waals surface area contributed by atoms with Crippen molar-refractivity contribution in [1.29, 1.82) is 0 Å². The topological polar surface area (TPSA) is 107 Å². The molecule has 2 atom stereocenters. The number of carboxylic acids is 1. The van der Waals surface area contributed by atoms with Crippen LogP contribution in [0, 0.1) is 5.92 Å². The molecular weight excluding hydrogens is 264 g/mol. The lowest BCUT2D eigenvalue weighted by Crippen LogP contribution is -2.44. The van der Waals surface area contributed by atoms with E-state index >= 15 is 0 Å². The molecule has 7 heteroatoms. The van der Waals surface area contributed by atoms with E-state index in [2.05, 4.69) is 5.32 Å². The number of rotatable bonds is 6. The van der Waals surface area contributed by atoms with Crippen LogP contribution in [0.1, 0.15) is 32.6 Å². The van der Waals surface area contributed by atoms with Crippen molar-refractivity contribution < 1.29 is 24.6 Å². The summed E-state index contributed by atoms with van der Waals surface area (Å²) in [6.45, 7) is 1.65. The highest BCUT2D eigenvalue weighted by Gasteiger charge is 2.41. The van der Waals surface area contributed by atoms with Crippen LogP contribution in [-0.4, -0.2) is 57.6 Å². The lowest BCUT2D eigenvalue weighted by molar-refractivity contribution is -0.142. The lowest BCUT2D eigenvalue weighted by Gasteiger charge is -2.22. The molecule has 1 saturated heterocycles. The van der Waals surface area contributed by atoms with Gasteiger partial charge in [-0.05, 0) is 19.8 Å². The second kappa shape index (κ2) is 5.40. The molecule has 0 aromatic heterocycles. The Balaban J connectivity index is 1.80. The first-order valence-corrected chi connectivity index (χ1v) is 6.80. The van der Waals surface area contributed by atoms with Crippen molar-refractivity contribution in [3.8, 4) is 0 Å². The first-order chi connectivity index (χ1) is 9.28. The number of aliphatic carboxylic acids is 1. The minimum Gasteiger partial charge on any atom is -0.481 e. The number of carbonyl (C=O) groups excluding carboxylic acids is 2. The Morgan fingerprint density at radius 3 is 2.65 bits per heavy atom. The van der Waals surface area contributed by atoms with Crippen LogP contribution in [0.4, 0.5) is 0 Å². The summed E-state index contributed by atoms with van der Waals surface area (Å²) in [5, 5.41) is 21.0. The Bertz CT molecular complexity index is 430. The highest BCUT2D eigenvalue weighted by Crippen LogP contribution is 2.32.